The van der Waals surface area contributed by atoms with Crippen LogP contribution in [0, 0.1) is 5.82 Å². The third kappa shape index (κ3) is 5.51. The Hall–Kier alpha value is -4.55. The summed E-state index contributed by atoms with van der Waals surface area (Å²) in [6.45, 7) is 0.194. The number of nitrogens with zero attached hydrogens (tertiary/aromatic N) is 2. The summed E-state index contributed by atoms with van der Waals surface area (Å²) >= 11 is 6.40. The number of hydrogen-bond donors (Lipinski definition) is 1. The van der Waals surface area contributed by atoms with Gasteiger partial charge in [0.2, 0.25) is 0 Å². The Morgan fingerprint density at radius 3 is 1.86 bits per heavy atom. The maximum absolute atomic E-state index is 14.8. The van der Waals surface area contributed by atoms with E-state index >= 15 is 0 Å². The zero-order chi connectivity index (χ0) is 29.8. The summed E-state index contributed by atoms with van der Waals surface area (Å²) in [4.78, 5) is 0. The summed E-state index contributed by atoms with van der Waals surface area (Å²) in [5.74, 6) is -0.493. The van der Waals surface area contributed by atoms with Crippen molar-refractivity contribution in [3.8, 4) is 11.3 Å². The summed E-state index contributed by atoms with van der Waals surface area (Å²) in [6.07, 6.45) is 0.533. The first kappa shape index (κ1) is 28.6. The number of aliphatic hydroxyl groups is 1. The minimum atomic E-state index is -1.24. The lowest BCUT2D eigenvalue weighted by Crippen LogP contribution is -2.32. The van der Waals surface area contributed by atoms with Crippen LogP contribution in [0.5, 0.6) is 0 Å². The quantitative estimate of drug-likeness (QED) is 0.172. The molecule has 1 unspecified atom stereocenters. The molecule has 5 aromatic carbocycles. The van der Waals surface area contributed by atoms with E-state index in [1.54, 1.807) is 41.2 Å². The predicted molar refractivity (Wildman–Crippen MR) is 168 cm³/mol. The number of aryl methyl sites for hydroxylation is 1. The van der Waals surface area contributed by atoms with E-state index in [2.05, 4.69) is 41.5 Å². The van der Waals surface area contributed by atoms with E-state index in [0.29, 0.717) is 16.1 Å². The van der Waals surface area contributed by atoms with Crippen molar-refractivity contribution in [2.75, 3.05) is 0 Å². The molecule has 43 heavy (non-hydrogen) atoms. The Kier molecular flexibility index (Phi) is 8.21. The highest BCUT2D eigenvalue weighted by Crippen LogP contribution is 2.42. The lowest BCUT2D eigenvalue weighted by molar-refractivity contribution is 0.000434. The largest absolute Gasteiger partial charge is 0.384 e. The molecule has 0 aliphatic carbocycles. The molecule has 6 heteroatoms. The highest BCUT2D eigenvalue weighted by molar-refractivity contribution is 6.30. The lowest BCUT2D eigenvalue weighted by Gasteiger charge is -2.36. The summed E-state index contributed by atoms with van der Waals surface area (Å²) in [7, 11) is 1.84. The van der Waals surface area contributed by atoms with Crippen LogP contribution in [0.4, 0.5) is 4.39 Å². The molecule has 1 heterocycles. The number of halogens is 2. The van der Waals surface area contributed by atoms with E-state index in [0.717, 1.165) is 27.9 Å². The van der Waals surface area contributed by atoms with Gasteiger partial charge in [0.25, 0.3) is 0 Å². The number of rotatable bonds is 9. The molecule has 0 saturated heterocycles. The molecule has 1 aromatic heterocycles. The minimum absolute atomic E-state index is 0.169. The van der Waals surface area contributed by atoms with E-state index in [1.165, 1.54) is 6.07 Å². The first-order valence-electron chi connectivity index (χ1n) is 14.0. The summed E-state index contributed by atoms with van der Waals surface area (Å²) in [5.41, 5.74) is 4.91. The van der Waals surface area contributed by atoms with E-state index in [9.17, 15) is 9.50 Å². The second-order valence-electron chi connectivity index (χ2n) is 10.4. The highest BCUT2D eigenvalue weighted by Gasteiger charge is 2.38. The monoisotopic (exact) mass is 588 g/mol. The standard InChI is InChI=1S/C37H30ClFN2O2/c1-41-35(31-22-21-30(38)23-33(31)36(42)32-19-11-12-20-34(32)39)26(24-40-41)25-43-37(27-13-5-2-6-14-27,28-15-7-3-8-16-28)29-17-9-4-10-18-29/h2-24,36,42H,25H2,1H3. The van der Waals surface area contributed by atoms with Crippen molar-refractivity contribution in [2.45, 2.75) is 18.3 Å². The number of aliphatic hydroxyl groups excluding tert-OH is 1. The van der Waals surface area contributed by atoms with Crippen molar-refractivity contribution in [1.29, 1.82) is 0 Å². The zero-order valence-electron chi connectivity index (χ0n) is 23.6. The SMILES string of the molecule is Cn1ncc(COC(c2ccccc2)(c2ccccc2)c2ccccc2)c1-c1ccc(Cl)cc1C(O)c1ccccc1F. The van der Waals surface area contributed by atoms with Gasteiger partial charge in [-0.3, -0.25) is 4.68 Å². The fraction of sp³-hybridized carbons (Fsp3) is 0.108. The smallest absolute Gasteiger partial charge is 0.144 e. The van der Waals surface area contributed by atoms with Crippen molar-refractivity contribution < 1.29 is 14.2 Å². The Morgan fingerprint density at radius 2 is 1.30 bits per heavy atom. The van der Waals surface area contributed by atoms with Crippen molar-refractivity contribution in [3.05, 3.63) is 184 Å². The molecule has 0 bridgehead atoms. The van der Waals surface area contributed by atoms with Crippen LogP contribution in [0.3, 0.4) is 0 Å². The molecule has 0 aliphatic heterocycles. The molecule has 0 amide bonds. The van der Waals surface area contributed by atoms with Gasteiger partial charge in [-0.1, -0.05) is 127 Å². The van der Waals surface area contributed by atoms with Gasteiger partial charge in [0.15, 0.2) is 0 Å². The van der Waals surface area contributed by atoms with Crippen molar-refractivity contribution >= 4 is 11.6 Å². The molecule has 4 nitrogen and oxygen atoms in total. The van der Waals surface area contributed by atoms with Gasteiger partial charge in [0.1, 0.15) is 17.5 Å². The maximum atomic E-state index is 14.8. The van der Waals surface area contributed by atoms with Crippen LogP contribution in [0.1, 0.15) is 39.5 Å². The van der Waals surface area contributed by atoms with Gasteiger partial charge < -0.3 is 9.84 Å². The predicted octanol–water partition coefficient (Wildman–Crippen LogP) is 8.47. The molecule has 0 aliphatic rings. The molecular weight excluding hydrogens is 559 g/mol. The fourth-order valence-electron chi connectivity index (χ4n) is 5.73. The second kappa shape index (κ2) is 12.4. The van der Waals surface area contributed by atoms with E-state index in [1.807, 2.05) is 67.7 Å². The van der Waals surface area contributed by atoms with Crippen LogP contribution in [-0.2, 0) is 24.0 Å². The third-order valence-corrected chi connectivity index (χ3v) is 8.00. The van der Waals surface area contributed by atoms with Crippen LogP contribution in [0.2, 0.25) is 5.02 Å². The molecule has 0 spiro atoms. The van der Waals surface area contributed by atoms with E-state index in [-0.39, 0.29) is 12.2 Å². The van der Waals surface area contributed by atoms with E-state index in [4.69, 9.17) is 16.3 Å². The first-order valence-corrected chi connectivity index (χ1v) is 14.4. The van der Waals surface area contributed by atoms with Gasteiger partial charge in [0.05, 0.1) is 18.5 Å². The van der Waals surface area contributed by atoms with Gasteiger partial charge >= 0.3 is 0 Å². The molecule has 214 valence electrons. The molecule has 0 fully saturated rings. The number of aromatic nitrogens is 2. The van der Waals surface area contributed by atoms with Crippen molar-refractivity contribution in [3.63, 3.8) is 0 Å². The fourth-order valence-corrected chi connectivity index (χ4v) is 5.91. The molecular formula is C37H30ClFN2O2. The van der Waals surface area contributed by atoms with E-state index < -0.39 is 17.5 Å². The van der Waals surface area contributed by atoms with Gasteiger partial charge in [-0.15, -0.1) is 0 Å². The first-order chi connectivity index (χ1) is 21.0. The minimum Gasteiger partial charge on any atom is -0.384 e. The zero-order valence-corrected chi connectivity index (χ0v) is 24.3. The maximum Gasteiger partial charge on any atom is 0.144 e. The Balaban J connectivity index is 1.47. The topological polar surface area (TPSA) is 47.3 Å². The highest BCUT2D eigenvalue weighted by atomic mass is 35.5. The van der Waals surface area contributed by atoms with Crippen LogP contribution in [0.25, 0.3) is 11.3 Å². The summed E-state index contributed by atoms with van der Waals surface area (Å²) < 4.78 is 23.6. The number of ether oxygens (including phenoxy) is 1. The summed E-state index contributed by atoms with van der Waals surface area (Å²) in [5, 5.41) is 16.4. The number of hydrogen-bond acceptors (Lipinski definition) is 3. The third-order valence-electron chi connectivity index (χ3n) is 7.76. The normalized spacial score (nSPS) is 12.3. The molecule has 1 N–H and O–H groups in total. The average molecular weight is 589 g/mol. The second-order valence-corrected chi connectivity index (χ2v) is 10.8. The van der Waals surface area contributed by atoms with Gasteiger partial charge in [0, 0.05) is 28.8 Å². The van der Waals surface area contributed by atoms with Crippen LogP contribution in [0.15, 0.2) is 140 Å². The van der Waals surface area contributed by atoms with Crippen LogP contribution < -0.4 is 0 Å². The number of benzene rings is 5. The van der Waals surface area contributed by atoms with Gasteiger partial charge in [-0.05, 0) is 40.5 Å². The van der Waals surface area contributed by atoms with Crippen molar-refractivity contribution in [1.82, 2.24) is 9.78 Å². The Labute approximate surface area is 255 Å². The molecule has 0 radical (unpaired) electrons. The lowest BCUT2D eigenvalue weighted by atomic mass is 9.80. The molecule has 6 aromatic rings. The molecule has 1 atom stereocenters. The van der Waals surface area contributed by atoms with Crippen LogP contribution in [-0.4, -0.2) is 14.9 Å². The summed E-state index contributed by atoms with van der Waals surface area (Å²) in [6, 6.07) is 42.0. The Morgan fingerprint density at radius 1 is 0.767 bits per heavy atom. The molecule has 0 saturated carbocycles. The van der Waals surface area contributed by atoms with Crippen LogP contribution >= 0.6 is 11.6 Å². The van der Waals surface area contributed by atoms with Gasteiger partial charge in [-0.2, -0.15) is 5.10 Å². The average Bonchev–Trinajstić information content (AvgIpc) is 3.42. The van der Waals surface area contributed by atoms with Crippen molar-refractivity contribution in [2.24, 2.45) is 7.05 Å². The Bertz CT molecular complexity index is 1730. The van der Waals surface area contributed by atoms with Gasteiger partial charge in [-0.25, -0.2) is 4.39 Å². The molecule has 6 rings (SSSR count).